The number of pyridine rings is 1. The summed E-state index contributed by atoms with van der Waals surface area (Å²) in [7, 11) is -3.91. The van der Waals surface area contributed by atoms with Crippen molar-refractivity contribution in [3.8, 4) is 0 Å². The first-order chi connectivity index (χ1) is 12.0. The van der Waals surface area contributed by atoms with E-state index in [1.807, 2.05) is 0 Å². The zero-order valence-electron chi connectivity index (χ0n) is 12.6. The predicted molar refractivity (Wildman–Crippen MR) is 93.2 cm³/mol. The molecule has 0 radical (unpaired) electrons. The molecule has 2 N–H and O–H groups in total. The second-order valence-corrected chi connectivity index (χ2v) is 6.92. The molecule has 0 spiro atoms. The van der Waals surface area contributed by atoms with E-state index >= 15 is 0 Å². The van der Waals surface area contributed by atoms with Crippen LogP contribution in [0.3, 0.4) is 0 Å². The van der Waals surface area contributed by atoms with Crippen molar-refractivity contribution in [3.05, 3.63) is 71.9 Å². The fraction of sp³-hybridized carbons (Fsp3) is 0. The molecule has 7 nitrogen and oxygen atoms in total. The topological polar surface area (TPSA) is 101 Å². The first kappa shape index (κ1) is 17.0. The molecule has 3 aromatic rings. The summed E-state index contributed by atoms with van der Waals surface area (Å²) in [6.45, 7) is 0. The summed E-state index contributed by atoms with van der Waals surface area (Å²) in [6, 6.07) is 12.2. The molecule has 25 heavy (non-hydrogen) atoms. The maximum atomic E-state index is 12.4. The summed E-state index contributed by atoms with van der Waals surface area (Å²) in [6.07, 6.45) is 2.78. The Labute approximate surface area is 148 Å². The molecule has 0 saturated heterocycles. The number of amides is 1. The zero-order valence-corrected chi connectivity index (χ0v) is 14.2. The number of carbonyl (C=O) groups is 1. The van der Waals surface area contributed by atoms with E-state index in [9.17, 15) is 13.2 Å². The van der Waals surface area contributed by atoms with E-state index in [1.54, 1.807) is 24.3 Å². The molecule has 1 aromatic carbocycles. The third-order valence-electron chi connectivity index (χ3n) is 3.13. The van der Waals surface area contributed by atoms with Crippen LogP contribution >= 0.6 is 11.6 Å². The minimum absolute atomic E-state index is 0.128. The van der Waals surface area contributed by atoms with Crippen LogP contribution in [-0.2, 0) is 10.0 Å². The van der Waals surface area contributed by atoms with Gasteiger partial charge < -0.3 is 9.73 Å². The first-order valence-electron chi connectivity index (χ1n) is 7.04. The number of aromatic nitrogens is 1. The standard InChI is InChI=1S/C16H12ClN3O4S/c17-15-14(7-2-8-18-15)25(22,23)20-12-5-1-4-11(10-12)19-16(21)13-6-3-9-24-13/h1-10,20H,(H,19,21). The van der Waals surface area contributed by atoms with Gasteiger partial charge in [-0.2, -0.15) is 0 Å². The summed E-state index contributed by atoms with van der Waals surface area (Å²) in [5.41, 5.74) is 0.663. The van der Waals surface area contributed by atoms with Crippen molar-refractivity contribution in [1.29, 1.82) is 0 Å². The summed E-state index contributed by atoms with van der Waals surface area (Å²) in [4.78, 5) is 15.6. The van der Waals surface area contributed by atoms with Crippen molar-refractivity contribution in [3.63, 3.8) is 0 Å². The maximum Gasteiger partial charge on any atom is 0.291 e. The van der Waals surface area contributed by atoms with Crippen molar-refractivity contribution in [2.24, 2.45) is 0 Å². The number of sulfonamides is 1. The predicted octanol–water partition coefficient (Wildman–Crippen LogP) is 3.38. The van der Waals surface area contributed by atoms with Crippen molar-refractivity contribution in [1.82, 2.24) is 4.98 Å². The number of benzene rings is 1. The number of halogens is 1. The third kappa shape index (κ3) is 3.98. The Morgan fingerprint density at radius 1 is 1.08 bits per heavy atom. The Kier molecular flexibility index (Phi) is 4.73. The normalized spacial score (nSPS) is 11.1. The maximum absolute atomic E-state index is 12.4. The van der Waals surface area contributed by atoms with Gasteiger partial charge in [0.25, 0.3) is 15.9 Å². The van der Waals surface area contributed by atoms with Crippen LogP contribution in [0.1, 0.15) is 10.6 Å². The number of rotatable bonds is 5. The Balaban J connectivity index is 1.80. The lowest BCUT2D eigenvalue weighted by Gasteiger charge is -2.10. The molecule has 0 saturated carbocycles. The van der Waals surface area contributed by atoms with Crippen LogP contribution in [0, 0.1) is 0 Å². The van der Waals surface area contributed by atoms with Gasteiger partial charge in [-0.1, -0.05) is 17.7 Å². The molecule has 2 heterocycles. The SMILES string of the molecule is O=C(Nc1cccc(NS(=O)(=O)c2cccnc2Cl)c1)c1ccco1. The Morgan fingerprint density at radius 2 is 1.88 bits per heavy atom. The van der Waals surface area contributed by atoms with E-state index in [2.05, 4.69) is 15.0 Å². The molecule has 9 heteroatoms. The van der Waals surface area contributed by atoms with Gasteiger partial charge in [-0.15, -0.1) is 0 Å². The largest absolute Gasteiger partial charge is 0.459 e. The summed E-state index contributed by atoms with van der Waals surface area (Å²) in [5.74, 6) is -0.298. The minimum Gasteiger partial charge on any atom is -0.459 e. The molecule has 2 aromatic heterocycles. The molecule has 0 fully saturated rings. The van der Waals surface area contributed by atoms with Gasteiger partial charge in [0.1, 0.15) is 10.0 Å². The number of furan rings is 1. The molecular formula is C16H12ClN3O4S. The van der Waals surface area contributed by atoms with Gasteiger partial charge in [0.05, 0.1) is 12.0 Å². The van der Waals surface area contributed by atoms with Gasteiger partial charge in [0.2, 0.25) is 0 Å². The van der Waals surface area contributed by atoms with E-state index in [0.29, 0.717) is 5.69 Å². The van der Waals surface area contributed by atoms with Gasteiger partial charge in [-0.25, -0.2) is 13.4 Å². The van der Waals surface area contributed by atoms with E-state index < -0.39 is 15.9 Å². The number of hydrogen-bond donors (Lipinski definition) is 2. The highest BCUT2D eigenvalue weighted by Crippen LogP contribution is 2.23. The molecule has 3 rings (SSSR count). The fourth-order valence-corrected chi connectivity index (χ4v) is 3.55. The molecule has 0 bridgehead atoms. The van der Waals surface area contributed by atoms with Crippen LogP contribution in [-0.4, -0.2) is 19.3 Å². The molecule has 0 unspecified atom stereocenters. The number of nitrogens with one attached hydrogen (secondary N) is 2. The average Bonchev–Trinajstić information content (AvgIpc) is 3.09. The average molecular weight is 378 g/mol. The second-order valence-electron chi connectivity index (χ2n) is 4.91. The molecule has 0 atom stereocenters. The summed E-state index contributed by atoms with van der Waals surface area (Å²) < 4.78 is 32.2. The lowest BCUT2D eigenvalue weighted by atomic mass is 10.3. The van der Waals surface area contributed by atoms with Gasteiger partial charge in [0.15, 0.2) is 5.76 Å². The molecule has 0 aliphatic rings. The fourth-order valence-electron chi connectivity index (χ4n) is 2.04. The number of nitrogens with zero attached hydrogens (tertiary/aromatic N) is 1. The van der Waals surface area contributed by atoms with Crippen molar-refractivity contribution in [2.45, 2.75) is 4.90 Å². The summed E-state index contributed by atoms with van der Waals surface area (Å²) >= 11 is 5.83. The smallest absolute Gasteiger partial charge is 0.291 e. The lowest BCUT2D eigenvalue weighted by Crippen LogP contribution is -2.15. The van der Waals surface area contributed by atoms with Crippen LogP contribution in [0.5, 0.6) is 0 Å². The Hall–Kier alpha value is -2.84. The molecular weight excluding hydrogens is 366 g/mol. The molecule has 1 amide bonds. The van der Waals surface area contributed by atoms with Crippen molar-refractivity contribution >= 4 is 38.9 Å². The van der Waals surface area contributed by atoms with Gasteiger partial charge in [-0.3, -0.25) is 9.52 Å². The zero-order chi connectivity index (χ0) is 17.9. The van der Waals surface area contributed by atoms with E-state index in [0.717, 1.165) is 0 Å². The molecule has 0 aliphatic carbocycles. The van der Waals surface area contributed by atoms with Crippen LogP contribution in [0.2, 0.25) is 5.15 Å². The molecule has 128 valence electrons. The minimum atomic E-state index is -3.91. The van der Waals surface area contributed by atoms with E-state index in [4.69, 9.17) is 16.0 Å². The van der Waals surface area contributed by atoms with Crippen LogP contribution in [0.15, 0.2) is 70.3 Å². The van der Waals surface area contributed by atoms with Gasteiger partial charge in [-0.05, 0) is 42.5 Å². The highest BCUT2D eigenvalue weighted by molar-refractivity contribution is 7.92. The van der Waals surface area contributed by atoms with Crippen LogP contribution in [0.4, 0.5) is 11.4 Å². The van der Waals surface area contributed by atoms with Gasteiger partial charge >= 0.3 is 0 Å². The number of anilines is 2. The van der Waals surface area contributed by atoms with Crippen molar-refractivity contribution in [2.75, 3.05) is 10.0 Å². The second kappa shape index (κ2) is 6.96. The number of hydrogen-bond acceptors (Lipinski definition) is 5. The van der Waals surface area contributed by atoms with Crippen LogP contribution < -0.4 is 10.0 Å². The van der Waals surface area contributed by atoms with E-state index in [-0.39, 0.29) is 21.5 Å². The highest BCUT2D eigenvalue weighted by Gasteiger charge is 2.18. The first-order valence-corrected chi connectivity index (χ1v) is 8.90. The quantitative estimate of drug-likeness (QED) is 0.664. The molecule has 0 aliphatic heterocycles. The lowest BCUT2D eigenvalue weighted by molar-refractivity contribution is 0.0996. The monoisotopic (exact) mass is 377 g/mol. The third-order valence-corrected chi connectivity index (χ3v) is 4.96. The van der Waals surface area contributed by atoms with E-state index in [1.165, 1.54) is 36.7 Å². The highest BCUT2D eigenvalue weighted by atomic mass is 35.5. The van der Waals surface area contributed by atoms with Gasteiger partial charge in [0, 0.05) is 11.9 Å². The summed E-state index contributed by atoms with van der Waals surface area (Å²) in [5, 5.41) is 2.49. The van der Waals surface area contributed by atoms with Crippen molar-refractivity contribution < 1.29 is 17.6 Å². The Bertz CT molecular complexity index is 1000. The Morgan fingerprint density at radius 3 is 2.60 bits per heavy atom. The number of carbonyl (C=O) groups excluding carboxylic acids is 1. The van der Waals surface area contributed by atoms with Crippen LogP contribution in [0.25, 0.3) is 0 Å².